The lowest BCUT2D eigenvalue weighted by Gasteiger charge is -2.29. The molecule has 24 heavy (non-hydrogen) atoms. The second-order valence-corrected chi connectivity index (χ2v) is 6.99. The third-order valence-electron chi connectivity index (χ3n) is 4.54. The van der Waals surface area contributed by atoms with Crippen molar-refractivity contribution in [3.63, 3.8) is 0 Å². The van der Waals surface area contributed by atoms with Crippen LogP contribution in [-0.4, -0.2) is 5.78 Å². The highest BCUT2D eigenvalue weighted by atomic mass is 79.9. The molecule has 118 valence electrons. The van der Waals surface area contributed by atoms with E-state index in [1.165, 1.54) is 0 Å². The minimum atomic E-state index is -0.758. The lowest BCUT2D eigenvalue weighted by molar-refractivity contribution is 0.0916. The van der Waals surface area contributed by atoms with Gasteiger partial charge in [0.2, 0.25) is 0 Å². The number of hydrogen-bond acceptors (Lipinski definition) is 2. The first-order valence-electron chi connectivity index (χ1n) is 7.91. The third-order valence-corrected chi connectivity index (χ3v) is 5.03. The highest BCUT2D eigenvalue weighted by Crippen LogP contribution is 2.42. The van der Waals surface area contributed by atoms with E-state index in [0.29, 0.717) is 6.42 Å². The number of Topliss-reactive ketones (excluding diaryl/α,β-unsaturated/α-hetero) is 1. The molecule has 4 rings (SSSR count). The van der Waals surface area contributed by atoms with Gasteiger partial charge in [-0.1, -0.05) is 76.6 Å². The van der Waals surface area contributed by atoms with Crippen LogP contribution in [0, 0.1) is 0 Å². The maximum atomic E-state index is 13.4. The van der Waals surface area contributed by atoms with E-state index in [9.17, 15) is 4.79 Å². The molecule has 1 aliphatic heterocycles. The Bertz CT molecular complexity index is 892. The largest absolute Gasteiger partial charge is 0.368 e. The third kappa shape index (κ3) is 2.45. The van der Waals surface area contributed by atoms with Gasteiger partial charge in [-0.2, -0.15) is 0 Å². The molecule has 0 aliphatic carbocycles. The van der Waals surface area contributed by atoms with Crippen LogP contribution in [0.25, 0.3) is 0 Å². The van der Waals surface area contributed by atoms with Gasteiger partial charge in [0.1, 0.15) is 5.54 Å². The van der Waals surface area contributed by atoms with Gasteiger partial charge >= 0.3 is 0 Å². The summed E-state index contributed by atoms with van der Waals surface area (Å²) >= 11 is 3.47. The number of fused-ring (bicyclic) bond motifs is 1. The topological polar surface area (TPSA) is 29.1 Å². The van der Waals surface area contributed by atoms with Crippen molar-refractivity contribution in [2.24, 2.45) is 0 Å². The summed E-state index contributed by atoms with van der Waals surface area (Å²) < 4.78 is 0.917. The fourth-order valence-corrected chi connectivity index (χ4v) is 3.75. The monoisotopic (exact) mass is 377 g/mol. The Hall–Kier alpha value is -2.39. The summed E-state index contributed by atoms with van der Waals surface area (Å²) in [5.41, 5.74) is 3.00. The van der Waals surface area contributed by atoms with Gasteiger partial charge in [0, 0.05) is 22.1 Å². The van der Waals surface area contributed by atoms with Gasteiger partial charge in [-0.15, -0.1) is 0 Å². The number of hydrogen-bond donors (Lipinski definition) is 1. The van der Waals surface area contributed by atoms with E-state index in [1.54, 1.807) is 0 Å². The molecule has 0 spiro atoms. The molecule has 0 saturated carbocycles. The number of halogens is 1. The van der Waals surface area contributed by atoms with E-state index in [1.807, 2.05) is 66.7 Å². The molecule has 1 atom stereocenters. The average molecular weight is 378 g/mol. The quantitative estimate of drug-likeness (QED) is 0.679. The first-order valence-corrected chi connectivity index (χ1v) is 8.70. The highest BCUT2D eigenvalue weighted by molar-refractivity contribution is 9.10. The summed E-state index contributed by atoms with van der Waals surface area (Å²) in [6.07, 6.45) is 0.614. The minimum absolute atomic E-state index is 0.119. The molecule has 0 amide bonds. The van der Waals surface area contributed by atoms with E-state index >= 15 is 0 Å². The smallest absolute Gasteiger partial charge is 0.195 e. The number of ketones is 1. The van der Waals surface area contributed by atoms with Crippen LogP contribution in [0.3, 0.4) is 0 Å². The van der Waals surface area contributed by atoms with Crippen LogP contribution in [0.2, 0.25) is 0 Å². The van der Waals surface area contributed by atoms with Crippen molar-refractivity contribution in [1.82, 2.24) is 0 Å². The summed E-state index contributed by atoms with van der Waals surface area (Å²) in [4.78, 5) is 13.4. The Kier molecular flexibility index (Phi) is 3.73. The second kappa shape index (κ2) is 5.91. The Morgan fingerprint density at radius 1 is 0.875 bits per heavy atom. The van der Waals surface area contributed by atoms with Crippen LogP contribution < -0.4 is 5.32 Å². The average Bonchev–Trinajstić information content (AvgIpc) is 2.90. The molecule has 0 fully saturated rings. The van der Waals surface area contributed by atoms with Gasteiger partial charge in [-0.05, 0) is 29.3 Å². The van der Waals surface area contributed by atoms with Crippen molar-refractivity contribution < 1.29 is 4.79 Å². The zero-order valence-corrected chi connectivity index (χ0v) is 14.6. The lowest BCUT2D eigenvalue weighted by atomic mass is 9.80. The first kappa shape index (κ1) is 15.2. The summed E-state index contributed by atoms with van der Waals surface area (Å²) in [5.74, 6) is 0.119. The second-order valence-electron chi connectivity index (χ2n) is 6.08. The van der Waals surface area contributed by atoms with Crippen LogP contribution in [0.5, 0.6) is 0 Å². The van der Waals surface area contributed by atoms with Crippen molar-refractivity contribution >= 4 is 27.4 Å². The standard InChI is InChI=1S/C21H16BrNO/c22-17-11-12-19-18(13-17)20(24)21(23-19,16-9-5-2-6-10-16)14-15-7-3-1-4-8-15/h1-13,23H,14H2. The van der Waals surface area contributed by atoms with Crippen LogP contribution in [-0.2, 0) is 12.0 Å². The van der Waals surface area contributed by atoms with Gasteiger partial charge < -0.3 is 5.32 Å². The number of nitrogens with one attached hydrogen (secondary N) is 1. The predicted octanol–water partition coefficient (Wildman–Crippen LogP) is 5.20. The van der Waals surface area contributed by atoms with Crippen molar-refractivity contribution in [2.75, 3.05) is 5.32 Å². The highest BCUT2D eigenvalue weighted by Gasteiger charge is 2.46. The predicted molar refractivity (Wildman–Crippen MR) is 100 cm³/mol. The molecule has 3 heteroatoms. The molecule has 3 aromatic carbocycles. The maximum Gasteiger partial charge on any atom is 0.195 e. The van der Waals surface area contributed by atoms with Gasteiger partial charge in [-0.3, -0.25) is 4.79 Å². The summed E-state index contributed by atoms with van der Waals surface area (Å²) in [5, 5.41) is 3.52. The van der Waals surface area contributed by atoms with Crippen LogP contribution in [0.1, 0.15) is 21.5 Å². The number of benzene rings is 3. The van der Waals surface area contributed by atoms with Crippen LogP contribution in [0.15, 0.2) is 83.3 Å². The van der Waals surface area contributed by atoms with E-state index in [0.717, 1.165) is 26.9 Å². The van der Waals surface area contributed by atoms with Gasteiger partial charge in [0.05, 0.1) is 0 Å². The van der Waals surface area contributed by atoms with Crippen molar-refractivity contribution in [3.8, 4) is 0 Å². The van der Waals surface area contributed by atoms with Crippen LogP contribution >= 0.6 is 15.9 Å². The molecular formula is C21H16BrNO. The molecule has 0 aromatic heterocycles. The summed E-state index contributed by atoms with van der Waals surface area (Å²) in [6.45, 7) is 0. The molecule has 1 heterocycles. The zero-order valence-electron chi connectivity index (χ0n) is 13.0. The molecule has 0 saturated heterocycles. The zero-order chi connectivity index (χ0) is 16.6. The number of carbonyl (C=O) groups is 1. The van der Waals surface area contributed by atoms with E-state index in [-0.39, 0.29) is 5.78 Å². The fraction of sp³-hybridized carbons (Fsp3) is 0.0952. The number of anilines is 1. The Morgan fingerprint density at radius 3 is 2.25 bits per heavy atom. The SMILES string of the molecule is O=C1c2cc(Br)ccc2NC1(Cc1ccccc1)c1ccccc1. The van der Waals surface area contributed by atoms with Crippen molar-refractivity contribution in [2.45, 2.75) is 12.0 Å². The van der Waals surface area contributed by atoms with Gasteiger partial charge in [0.25, 0.3) is 0 Å². The number of rotatable bonds is 3. The van der Waals surface area contributed by atoms with E-state index < -0.39 is 5.54 Å². The first-order chi connectivity index (χ1) is 11.7. The van der Waals surface area contributed by atoms with Gasteiger partial charge in [-0.25, -0.2) is 0 Å². The molecular weight excluding hydrogens is 362 g/mol. The van der Waals surface area contributed by atoms with Crippen LogP contribution in [0.4, 0.5) is 5.69 Å². The summed E-state index contributed by atoms with van der Waals surface area (Å²) in [6, 6.07) is 26.0. The van der Waals surface area contributed by atoms with E-state index in [2.05, 4.69) is 33.4 Å². The van der Waals surface area contributed by atoms with E-state index in [4.69, 9.17) is 0 Å². The van der Waals surface area contributed by atoms with Gasteiger partial charge in [0.15, 0.2) is 5.78 Å². The van der Waals surface area contributed by atoms with Crippen molar-refractivity contribution in [3.05, 3.63) is 100 Å². The lowest BCUT2D eigenvalue weighted by Crippen LogP contribution is -2.40. The molecule has 1 N–H and O–H groups in total. The Morgan fingerprint density at radius 2 is 1.54 bits per heavy atom. The van der Waals surface area contributed by atoms with Crippen molar-refractivity contribution in [1.29, 1.82) is 0 Å². The Balaban J connectivity index is 1.86. The maximum absolute atomic E-state index is 13.4. The Labute approximate surface area is 149 Å². The minimum Gasteiger partial charge on any atom is -0.368 e. The molecule has 3 aromatic rings. The molecule has 1 unspecified atom stereocenters. The fourth-order valence-electron chi connectivity index (χ4n) is 3.38. The summed E-state index contributed by atoms with van der Waals surface area (Å²) in [7, 11) is 0. The normalized spacial score (nSPS) is 19.0. The molecule has 1 aliphatic rings. The number of carbonyl (C=O) groups excluding carboxylic acids is 1. The molecule has 2 nitrogen and oxygen atoms in total. The molecule has 0 bridgehead atoms. The molecule has 0 radical (unpaired) electrons.